The molecule has 0 radical (unpaired) electrons. The Kier molecular flexibility index (Phi) is 3.34. The lowest BCUT2D eigenvalue weighted by molar-refractivity contribution is 0.241. The fourth-order valence-electron chi connectivity index (χ4n) is 2.80. The molecule has 1 aliphatic heterocycles. The van der Waals surface area contributed by atoms with Gasteiger partial charge in [-0.05, 0) is 30.2 Å². The number of ether oxygens (including phenoxy) is 1. The Morgan fingerprint density at radius 3 is 2.71 bits per heavy atom. The molecule has 0 saturated heterocycles. The van der Waals surface area contributed by atoms with Gasteiger partial charge in [0.2, 0.25) is 0 Å². The molecule has 1 heterocycles. The van der Waals surface area contributed by atoms with Crippen LogP contribution in [0.15, 0.2) is 42.5 Å². The lowest BCUT2D eigenvalue weighted by Crippen LogP contribution is -2.33. The highest BCUT2D eigenvalue weighted by Crippen LogP contribution is 2.40. The van der Waals surface area contributed by atoms with Crippen molar-refractivity contribution in [3.8, 4) is 11.8 Å². The van der Waals surface area contributed by atoms with Gasteiger partial charge < -0.3 is 4.74 Å². The predicted molar refractivity (Wildman–Crippen MR) is 73.9 cm³/mol. The summed E-state index contributed by atoms with van der Waals surface area (Å²) in [5, 5.41) is 9.70. The number of halogens is 2. The Morgan fingerprint density at radius 2 is 1.95 bits per heavy atom. The number of nitrogens with zero attached hydrogens (tertiary/aromatic N) is 1. The number of nitriles is 1. The molecular formula is C17H13F2NO. The molecule has 0 fully saturated rings. The molecule has 2 aromatic rings. The molecular weight excluding hydrogens is 272 g/mol. The molecule has 0 N–H and O–H groups in total. The number of rotatable bonds is 2. The number of hydrogen-bond acceptors (Lipinski definition) is 2. The molecule has 3 rings (SSSR count). The molecule has 2 aromatic carbocycles. The summed E-state index contributed by atoms with van der Waals surface area (Å²) in [6, 6.07) is 13.5. The van der Waals surface area contributed by atoms with Crippen molar-refractivity contribution in [1.29, 1.82) is 5.26 Å². The van der Waals surface area contributed by atoms with E-state index in [1.807, 2.05) is 24.3 Å². The van der Waals surface area contributed by atoms with Crippen LogP contribution in [0.3, 0.4) is 0 Å². The zero-order valence-electron chi connectivity index (χ0n) is 11.3. The minimum atomic E-state index is -0.888. The molecule has 0 saturated carbocycles. The van der Waals surface area contributed by atoms with E-state index in [2.05, 4.69) is 6.07 Å². The first-order valence-corrected chi connectivity index (χ1v) is 6.72. The number of fused-ring (bicyclic) bond motifs is 1. The summed E-state index contributed by atoms with van der Waals surface area (Å²) in [4.78, 5) is 0. The van der Waals surface area contributed by atoms with Gasteiger partial charge in [-0.2, -0.15) is 5.26 Å². The Morgan fingerprint density at radius 1 is 1.14 bits per heavy atom. The Bertz CT molecular complexity index is 723. The minimum Gasteiger partial charge on any atom is -0.493 e. The fraction of sp³-hybridized carbons (Fsp3) is 0.235. The maximum atomic E-state index is 13.4. The van der Waals surface area contributed by atoms with Crippen molar-refractivity contribution in [2.75, 3.05) is 6.61 Å². The summed E-state index contributed by atoms with van der Waals surface area (Å²) < 4.78 is 32.0. The number of benzene rings is 2. The highest BCUT2D eigenvalue weighted by atomic mass is 19.2. The van der Waals surface area contributed by atoms with Crippen molar-refractivity contribution in [1.82, 2.24) is 0 Å². The van der Waals surface area contributed by atoms with Gasteiger partial charge in [-0.3, -0.25) is 0 Å². The van der Waals surface area contributed by atoms with Gasteiger partial charge in [0.05, 0.1) is 18.1 Å². The number of hydrogen-bond donors (Lipinski definition) is 0. The molecule has 106 valence electrons. The topological polar surface area (TPSA) is 33.0 Å². The van der Waals surface area contributed by atoms with Crippen molar-refractivity contribution < 1.29 is 13.5 Å². The first-order chi connectivity index (χ1) is 10.1. The van der Waals surface area contributed by atoms with E-state index in [9.17, 15) is 14.0 Å². The van der Waals surface area contributed by atoms with Crippen LogP contribution in [0, 0.1) is 23.0 Å². The third-order valence-corrected chi connectivity index (χ3v) is 3.89. The lowest BCUT2D eigenvalue weighted by atomic mass is 9.73. The molecule has 0 bridgehead atoms. The van der Waals surface area contributed by atoms with E-state index in [4.69, 9.17) is 4.74 Å². The van der Waals surface area contributed by atoms with Crippen LogP contribution in [0.25, 0.3) is 0 Å². The van der Waals surface area contributed by atoms with Crippen LogP contribution >= 0.6 is 0 Å². The third kappa shape index (κ3) is 2.36. The quantitative estimate of drug-likeness (QED) is 0.842. The second-order valence-electron chi connectivity index (χ2n) is 5.21. The van der Waals surface area contributed by atoms with Gasteiger partial charge in [-0.1, -0.05) is 24.3 Å². The van der Waals surface area contributed by atoms with E-state index >= 15 is 0 Å². The van der Waals surface area contributed by atoms with E-state index in [1.54, 1.807) is 0 Å². The summed E-state index contributed by atoms with van der Waals surface area (Å²) in [5.41, 5.74) is 0.648. The van der Waals surface area contributed by atoms with Gasteiger partial charge in [0.1, 0.15) is 5.75 Å². The Labute approximate surface area is 121 Å². The molecule has 1 atom stereocenters. The first-order valence-electron chi connectivity index (χ1n) is 6.72. The molecule has 0 spiro atoms. The maximum Gasteiger partial charge on any atom is 0.159 e. The average Bonchev–Trinajstić information content (AvgIpc) is 2.51. The van der Waals surface area contributed by atoms with Gasteiger partial charge in [0, 0.05) is 12.0 Å². The van der Waals surface area contributed by atoms with E-state index in [1.165, 1.54) is 6.07 Å². The minimum absolute atomic E-state index is 0.334. The summed E-state index contributed by atoms with van der Waals surface area (Å²) in [6.45, 7) is 0.439. The smallest absolute Gasteiger partial charge is 0.159 e. The molecule has 0 amide bonds. The van der Waals surface area contributed by atoms with Crippen LogP contribution in [0.5, 0.6) is 5.75 Å². The SMILES string of the molecule is N#CC1(Cc2ccc(F)c(F)c2)CCOc2ccccc21. The van der Waals surface area contributed by atoms with Crippen molar-refractivity contribution in [2.24, 2.45) is 0 Å². The molecule has 1 unspecified atom stereocenters. The van der Waals surface area contributed by atoms with Crippen LogP contribution in [-0.2, 0) is 11.8 Å². The summed E-state index contributed by atoms with van der Waals surface area (Å²) >= 11 is 0. The summed E-state index contributed by atoms with van der Waals surface area (Å²) in [7, 11) is 0. The molecule has 2 nitrogen and oxygen atoms in total. The molecule has 0 aliphatic carbocycles. The third-order valence-electron chi connectivity index (χ3n) is 3.89. The molecule has 21 heavy (non-hydrogen) atoms. The van der Waals surface area contributed by atoms with Crippen LogP contribution in [0.1, 0.15) is 17.5 Å². The number of para-hydroxylation sites is 1. The largest absolute Gasteiger partial charge is 0.493 e. The predicted octanol–water partition coefficient (Wildman–Crippen LogP) is 3.75. The van der Waals surface area contributed by atoms with Crippen molar-refractivity contribution in [3.05, 3.63) is 65.2 Å². The Hall–Kier alpha value is -2.41. The van der Waals surface area contributed by atoms with Crippen molar-refractivity contribution in [2.45, 2.75) is 18.3 Å². The van der Waals surface area contributed by atoms with Gasteiger partial charge in [0.15, 0.2) is 11.6 Å². The van der Waals surface area contributed by atoms with E-state index in [0.717, 1.165) is 17.7 Å². The van der Waals surface area contributed by atoms with Crippen molar-refractivity contribution in [3.63, 3.8) is 0 Å². The molecule has 0 aromatic heterocycles. The lowest BCUT2D eigenvalue weighted by Gasteiger charge is -2.33. The van der Waals surface area contributed by atoms with Crippen molar-refractivity contribution >= 4 is 0 Å². The van der Waals surface area contributed by atoms with Crippen LogP contribution in [0.2, 0.25) is 0 Å². The zero-order chi connectivity index (χ0) is 14.9. The first kappa shape index (κ1) is 13.6. The summed E-state index contributed by atoms with van der Waals surface area (Å²) in [5.74, 6) is -1.08. The second-order valence-corrected chi connectivity index (χ2v) is 5.21. The van der Waals surface area contributed by atoms with Gasteiger partial charge in [-0.15, -0.1) is 0 Å². The van der Waals surface area contributed by atoms with Gasteiger partial charge >= 0.3 is 0 Å². The molecule has 1 aliphatic rings. The second kappa shape index (κ2) is 5.17. The van der Waals surface area contributed by atoms with E-state index in [0.29, 0.717) is 30.8 Å². The van der Waals surface area contributed by atoms with Gasteiger partial charge in [-0.25, -0.2) is 8.78 Å². The van der Waals surface area contributed by atoms with Crippen LogP contribution in [-0.4, -0.2) is 6.61 Å². The highest BCUT2D eigenvalue weighted by molar-refractivity contribution is 5.46. The fourth-order valence-corrected chi connectivity index (χ4v) is 2.80. The Balaban J connectivity index is 2.02. The molecule has 4 heteroatoms. The normalized spacial score (nSPS) is 20.2. The standard InChI is InChI=1S/C17H13F2NO/c18-14-6-5-12(9-15(14)19)10-17(11-20)7-8-21-16-4-2-1-3-13(16)17/h1-6,9H,7-8,10H2. The average molecular weight is 285 g/mol. The maximum absolute atomic E-state index is 13.4. The monoisotopic (exact) mass is 285 g/mol. The zero-order valence-corrected chi connectivity index (χ0v) is 11.3. The van der Waals surface area contributed by atoms with E-state index in [-0.39, 0.29) is 0 Å². The summed E-state index contributed by atoms with van der Waals surface area (Å²) in [6.07, 6.45) is 0.862. The highest BCUT2D eigenvalue weighted by Gasteiger charge is 2.38. The van der Waals surface area contributed by atoms with Crippen LogP contribution < -0.4 is 4.74 Å². The van der Waals surface area contributed by atoms with Crippen LogP contribution in [0.4, 0.5) is 8.78 Å². The van der Waals surface area contributed by atoms with E-state index < -0.39 is 17.0 Å². The van der Waals surface area contributed by atoms with Gasteiger partial charge in [0.25, 0.3) is 0 Å².